The van der Waals surface area contributed by atoms with E-state index >= 15 is 0 Å². The number of likely N-dealkylation sites (tertiary alicyclic amines) is 1. The summed E-state index contributed by atoms with van der Waals surface area (Å²) in [5, 5.41) is 2.67. The summed E-state index contributed by atoms with van der Waals surface area (Å²) in [6, 6.07) is 16.2. The van der Waals surface area contributed by atoms with Crippen molar-refractivity contribution < 1.29 is 28.7 Å². The Morgan fingerprint density at radius 3 is 2.11 bits per heavy atom. The lowest BCUT2D eigenvalue weighted by Crippen LogP contribution is -2.58. The number of carbonyl (C=O) groups excluding carboxylic acids is 5. The lowest BCUT2D eigenvalue weighted by molar-refractivity contribution is -0.136. The van der Waals surface area contributed by atoms with Gasteiger partial charge in [-0.15, -0.1) is 0 Å². The Hall–Kier alpha value is -5.25. The van der Waals surface area contributed by atoms with Crippen LogP contribution in [0, 0.1) is 12.0 Å². The molecule has 5 amide bonds. The lowest BCUT2D eigenvalue weighted by atomic mass is 9.67. The van der Waals surface area contributed by atoms with Crippen LogP contribution in [0.1, 0.15) is 93.6 Å². The molecule has 1 spiro atoms. The van der Waals surface area contributed by atoms with Crippen molar-refractivity contribution in [3.63, 3.8) is 0 Å². The zero-order valence-corrected chi connectivity index (χ0v) is 31.1. The number of hydrogen-bond acceptors (Lipinski definition) is 8. The van der Waals surface area contributed by atoms with E-state index in [0.717, 1.165) is 79.1 Å². The number of carbonyl (C=O) groups is 5. The molecule has 0 aromatic heterocycles. The van der Waals surface area contributed by atoms with Crippen molar-refractivity contribution in [1.29, 1.82) is 0 Å². The summed E-state index contributed by atoms with van der Waals surface area (Å²) < 4.78 is 6.21. The first-order valence-corrected chi connectivity index (χ1v) is 19.6. The van der Waals surface area contributed by atoms with Crippen molar-refractivity contribution in [1.82, 2.24) is 20.0 Å². The maximum absolute atomic E-state index is 13.5. The molecule has 0 bridgehead atoms. The number of rotatable bonds is 6. The fourth-order valence-corrected chi connectivity index (χ4v) is 9.72. The van der Waals surface area contributed by atoms with Gasteiger partial charge in [-0.3, -0.25) is 39.1 Å². The van der Waals surface area contributed by atoms with Gasteiger partial charge >= 0.3 is 0 Å². The molecule has 1 aliphatic carbocycles. The molecule has 6 aliphatic rings. The first-order chi connectivity index (χ1) is 26.6. The molecule has 9 rings (SSSR count). The predicted octanol–water partition coefficient (Wildman–Crippen LogP) is 5.74. The number of fused-ring (bicyclic) bond motifs is 2. The molecule has 5 aliphatic heterocycles. The molecule has 1 atom stereocenters. The van der Waals surface area contributed by atoms with E-state index in [4.69, 9.17) is 22.9 Å². The zero-order chi connectivity index (χ0) is 38.0. The highest BCUT2D eigenvalue weighted by Crippen LogP contribution is 2.46. The third-order valence-electron chi connectivity index (χ3n) is 12.6. The molecule has 3 aromatic carbocycles. The maximum Gasteiger partial charge on any atom is 0.262 e. The summed E-state index contributed by atoms with van der Waals surface area (Å²) in [5.74, 6) is -1.20. The second kappa shape index (κ2) is 13.8. The van der Waals surface area contributed by atoms with Crippen LogP contribution < -0.4 is 15.0 Å². The quantitative estimate of drug-likeness (QED) is 0.249. The molecular formula is C42H41ClN6O6. The molecule has 4 fully saturated rings. The molecule has 1 unspecified atom stereocenters. The molecule has 12 nitrogen and oxygen atoms in total. The number of halogens is 1. The third kappa shape index (κ3) is 6.43. The molecule has 5 heterocycles. The van der Waals surface area contributed by atoms with Gasteiger partial charge in [0.15, 0.2) is 0 Å². The predicted molar refractivity (Wildman–Crippen MR) is 203 cm³/mol. The van der Waals surface area contributed by atoms with Crippen molar-refractivity contribution in [3.05, 3.63) is 98.9 Å². The zero-order valence-electron chi connectivity index (χ0n) is 30.4. The highest BCUT2D eigenvalue weighted by molar-refractivity contribution is 6.33. The van der Waals surface area contributed by atoms with Gasteiger partial charge in [0.2, 0.25) is 17.5 Å². The Morgan fingerprint density at radius 1 is 0.855 bits per heavy atom. The van der Waals surface area contributed by atoms with E-state index in [1.54, 1.807) is 24.3 Å². The number of amides is 5. The number of imide groups is 2. The highest BCUT2D eigenvalue weighted by Gasteiger charge is 2.47. The van der Waals surface area contributed by atoms with Crippen LogP contribution in [0.15, 0.2) is 54.6 Å². The summed E-state index contributed by atoms with van der Waals surface area (Å²) >= 11 is 6.20. The van der Waals surface area contributed by atoms with Crippen molar-refractivity contribution in [2.24, 2.45) is 5.41 Å². The molecular weight excluding hydrogens is 720 g/mol. The number of nitrogens with zero attached hydrogens (tertiary/aromatic N) is 5. The van der Waals surface area contributed by atoms with E-state index in [1.807, 2.05) is 23.1 Å². The average molecular weight is 761 g/mol. The topological polar surface area (TPSA) is 124 Å². The van der Waals surface area contributed by atoms with Crippen molar-refractivity contribution in [3.8, 4) is 5.75 Å². The molecule has 282 valence electrons. The SMILES string of the molecule is [C-]#[N+]c1ccc(OC2CCC3(CC2)CN(c2ccc(C(=O)N4CCC(N5Cc6cc7c(cc6C5)C(=O)N(C5CCC(=O)NC5=O)C7=O)CC4)cc2)C3)cc1Cl. The molecule has 0 radical (unpaired) electrons. The van der Waals surface area contributed by atoms with E-state index in [0.29, 0.717) is 59.0 Å². The Kier molecular flexibility index (Phi) is 8.89. The van der Waals surface area contributed by atoms with Crippen LogP contribution in [-0.4, -0.2) is 88.6 Å². The largest absolute Gasteiger partial charge is 0.490 e. The summed E-state index contributed by atoms with van der Waals surface area (Å²) in [5.41, 5.74) is 5.22. The third-order valence-corrected chi connectivity index (χ3v) is 12.9. The van der Waals surface area contributed by atoms with Crippen molar-refractivity contribution in [2.75, 3.05) is 31.1 Å². The second-order valence-electron chi connectivity index (χ2n) is 16.0. The van der Waals surface area contributed by atoms with Crippen LogP contribution in [-0.2, 0) is 22.7 Å². The minimum Gasteiger partial charge on any atom is -0.490 e. The van der Waals surface area contributed by atoms with Crippen LogP contribution in [0.25, 0.3) is 4.85 Å². The van der Waals surface area contributed by atoms with Crippen LogP contribution in [0.4, 0.5) is 11.4 Å². The van der Waals surface area contributed by atoms with Gasteiger partial charge in [-0.2, -0.15) is 0 Å². The second-order valence-corrected chi connectivity index (χ2v) is 16.4. The van der Waals surface area contributed by atoms with Gasteiger partial charge in [-0.25, -0.2) is 4.85 Å². The van der Waals surface area contributed by atoms with E-state index in [1.165, 1.54) is 0 Å². The molecule has 3 saturated heterocycles. The fourth-order valence-electron chi connectivity index (χ4n) is 9.51. The van der Waals surface area contributed by atoms with Crippen LogP contribution in [0.5, 0.6) is 5.75 Å². The number of nitrogens with one attached hydrogen (secondary N) is 1. The molecule has 1 N–H and O–H groups in total. The minimum atomic E-state index is -0.974. The monoisotopic (exact) mass is 760 g/mol. The summed E-state index contributed by atoms with van der Waals surface area (Å²) in [7, 11) is 0. The van der Waals surface area contributed by atoms with Crippen LogP contribution in [0.3, 0.4) is 0 Å². The van der Waals surface area contributed by atoms with E-state index in [2.05, 4.69) is 32.1 Å². The average Bonchev–Trinajstić information content (AvgIpc) is 3.70. The van der Waals surface area contributed by atoms with Crippen molar-refractivity contribution in [2.45, 2.75) is 82.6 Å². The lowest BCUT2D eigenvalue weighted by Gasteiger charge is -2.54. The van der Waals surface area contributed by atoms with Gasteiger partial charge < -0.3 is 14.5 Å². The summed E-state index contributed by atoms with van der Waals surface area (Å²) in [4.78, 5) is 75.4. The Balaban J connectivity index is 0.742. The van der Waals surface area contributed by atoms with Crippen molar-refractivity contribution >= 4 is 52.5 Å². The highest BCUT2D eigenvalue weighted by atomic mass is 35.5. The number of piperidine rings is 2. The van der Waals surface area contributed by atoms with Gasteiger partial charge in [-0.05, 0) is 105 Å². The van der Waals surface area contributed by atoms with E-state index in [-0.39, 0.29) is 30.9 Å². The Bertz CT molecular complexity index is 2110. The number of anilines is 1. The molecule has 13 heteroatoms. The van der Waals surface area contributed by atoms with Gasteiger partial charge in [0, 0.05) is 68.4 Å². The van der Waals surface area contributed by atoms with Crippen LogP contribution >= 0.6 is 11.6 Å². The molecule has 3 aromatic rings. The first-order valence-electron chi connectivity index (χ1n) is 19.2. The smallest absolute Gasteiger partial charge is 0.262 e. The van der Waals surface area contributed by atoms with Crippen LogP contribution in [0.2, 0.25) is 5.02 Å². The molecule has 1 saturated carbocycles. The first kappa shape index (κ1) is 35.5. The number of benzene rings is 3. The van der Waals surface area contributed by atoms with Gasteiger partial charge in [0.1, 0.15) is 11.8 Å². The number of hydrogen-bond donors (Lipinski definition) is 1. The number of ether oxygens (including phenoxy) is 1. The van der Waals surface area contributed by atoms with E-state index < -0.39 is 29.7 Å². The maximum atomic E-state index is 13.5. The Morgan fingerprint density at radius 2 is 1.51 bits per heavy atom. The summed E-state index contributed by atoms with van der Waals surface area (Å²) in [6.45, 7) is 11.8. The van der Waals surface area contributed by atoms with Gasteiger partial charge in [-0.1, -0.05) is 17.7 Å². The fraction of sp³-hybridized carbons (Fsp3) is 0.429. The molecule has 55 heavy (non-hydrogen) atoms. The normalized spacial score (nSPS) is 22.7. The minimum absolute atomic E-state index is 0.0483. The van der Waals surface area contributed by atoms with E-state index in [9.17, 15) is 24.0 Å². The Labute approximate surface area is 324 Å². The van der Waals surface area contributed by atoms with Gasteiger partial charge in [0.25, 0.3) is 17.7 Å². The van der Waals surface area contributed by atoms with Gasteiger partial charge in [0.05, 0.1) is 28.8 Å². The summed E-state index contributed by atoms with van der Waals surface area (Å²) in [6.07, 6.45) is 6.23. The standard InChI is InChI=1S/C42H41ClN6O6/c1-44-35-7-6-31(20-34(35)43)55-30-10-14-42(15-11-30)23-48(24-42)28-4-2-25(3-5-28)39(52)46-16-12-29(13-17-46)47-21-26-18-32-33(19-27(26)22-47)41(54)49(40(32)53)36-8-9-37(50)45-38(36)51/h2-7,18-20,29-30,36H,8-17,21-24H2,(H,45,50,51).